The van der Waals surface area contributed by atoms with Crippen LogP contribution in [0.4, 0.5) is 0 Å². The number of rotatable bonds is 6. The summed E-state index contributed by atoms with van der Waals surface area (Å²) in [5.41, 5.74) is 2.71. The van der Waals surface area contributed by atoms with E-state index in [1.54, 1.807) is 18.2 Å². The lowest BCUT2D eigenvalue weighted by Crippen LogP contribution is -1.99. The first kappa shape index (κ1) is 17.5. The van der Waals surface area contributed by atoms with Crippen molar-refractivity contribution in [2.75, 3.05) is 6.66 Å². The van der Waals surface area contributed by atoms with Gasteiger partial charge < -0.3 is 14.9 Å². The summed E-state index contributed by atoms with van der Waals surface area (Å²) in [6, 6.07) is 12.6. The highest BCUT2D eigenvalue weighted by Crippen LogP contribution is 2.38. The predicted molar refractivity (Wildman–Crippen MR) is 88.9 cm³/mol. The van der Waals surface area contributed by atoms with Crippen molar-refractivity contribution in [3.8, 4) is 11.5 Å². The monoisotopic (exact) mass is 336 g/mol. The van der Waals surface area contributed by atoms with E-state index in [4.69, 9.17) is 9.78 Å². The van der Waals surface area contributed by atoms with Crippen LogP contribution in [0.3, 0.4) is 0 Å². The fourth-order valence-corrected chi connectivity index (χ4v) is 2.46. The highest BCUT2D eigenvalue weighted by Gasteiger charge is 2.15. The van der Waals surface area contributed by atoms with Crippen LogP contribution in [-0.4, -0.2) is 16.7 Å². The molecule has 0 aliphatic carbocycles. The minimum Gasteiger partial charge on any atom is -0.508 e. The number of phenolic OH excluding ortho intramolecular Hbond substituents is 1. The predicted octanol–water partition coefficient (Wildman–Crippen LogP) is 4.23. The number of hydrogen-bond acceptors (Lipinski definition) is 4. The van der Waals surface area contributed by atoms with Crippen LogP contribution in [0.25, 0.3) is 0 Å². The zero-order valence-corrected chi connectivity index (χ0v) is 14.3. The second kappa shape index (κ2) is 7.18. The molecule has 2 aromatic rings. The molecule has 0 fully saturated rings. The SMILES string of the molecule is CC(C)c1cc(Cc2ccccc2OOP(C)(=O)O)ccc1O. The summed E-state index contributed by atoms with van der Waals surface area (Å²) < 4.78 is 15.7. The van der Waals surface area contributed by atoms with Gasteiger partial charge in [-0.1, -0.05) is 44.2 Å². The zero-order valence-electron chi connectivity index (χ0n) is 13.4. The van der Waals surface area contributed by atoms with Crippen LogP contribution in [0.15, 0.2) is 42.5 Å². The summed E-state index contributed by atoms with van der Waals surface area (Å²) in [6.45, 7) is 5.10. The molecule has 0 aliphatic rings. The van der Waals surface area contributed by atoms with E-state index in [-0.39, 0.29) is 11.7 Å². The van der Waals surface area contributed by atoms with E-state index >= 15 is 0 Å². The van der Waals surface area contributed by atoms with E-state index in [9.17, 15) is 9.67 Å². The van der Waals surface area contributed by atoms with Crippen molar-refractivity contribution < 1.29 is 24.1 Å². The zero-order chi connectivity index (χ0) is 17.0. The molecule has 1 atom stereocenters. The fraction of sp³-hybridized carbons (Fsp3) is 0.294. The maximum absolute atomic E-state index is 11.2. The molecule has 2 N–H and O–H groups in total. The Morgan fingerprint density at radius 1 is 1.17 bits per heavy atom. The Morgan fingerprint density at radius 2 is 1.87 bits per heavy atom. The molecule has 124 valence electrons. The van der Waals surface area contributed by atoms with Gasteiger partial charge in [-0.05, 0) is 29.2 Å². The molecule has 0 bridgehead atoms. The summed E-state index contributed by atoms with van der Waals surface area (Å²) in [5.74, 6) is 0.886. The van der Waals surface area contributed by atoms with Gasteiger partial charge in [0.15, 0.2) is 5.75 Å². The molecule has 0 saturated heterocycles. The molecule has 23 heavy (non-hydrogen) atoms. The number of para-hydroxylation sites is 1. The van der Waals surface area contributed by atoms with E-state index < -0.39 is 7.60 Å². The number of hydrogen-bond donors (Lipinski definition) is 2. The molecule has 0 radical (unpaired) electrons. The Bertz CT molecular complexity index is 721. The quantitative estimate of drug-likeness (QED) is 0.469. The lowest BCUT2D eigenvalue weighted by atomic mass is 9.96. The lowest BCUT2D eigenvalue weighted by Gasteiger charge is -2.13. The third-order valence-corrected chi connectivity index (χ3v) is 3.70. The molecule has 2 rings (SSSR count). The summed E-state index contributed by atoms with van der Waals surface area (Å²) in [7, 11) is -3.72. The molecule has 0 aromatic heterocycles. The molecular formula is C17H21O5P. The second-order valence-corrected chi connectivity index (χ2v) is 7.55. The van der Waals surface area contributed by atoms with Gasteiger partial charge in [0.2, 0.25) is 0 Å². The largest absolute Gasteiger partial charge is 0.508 e. The normalized spacial score (nSPS) is 13.8. The highest BCUT2D eigenvalue weighted by atomic mass is 31.2. The third-order valence-electron chi connectivity index (χ3n) is 3.35. The highest BCUT2D eigenvalue weighted by molar-refractivity contribution is 7.51. The van der Waals surface area contributed by atoms with Gasteiger partial charge in [-0.25, -0.2) is 0 Å². The van der Waals surface area contributed by atoms with Crippen LogP contribution < -0.4 is 4.89 Å². The van der Waals surface area contributed by atoms with Gasteiger partial charge in [-0.15, -0.1) is 4.67 Å². The minimum absolute atomic E-state index is 0.213. The molecule has 1 unspecified atom stereocenters. The Morgan fingerprint density at radius 3 is 2.52 bits per heavy atom. The van der Waals surface area contributed by atoms with E-state index in [0.717, 1.165) is 23.4 Å². The van der Waals surface area contributed by atoms with Gasteiger partial charge in [0.25, 0.3) is 0 Å². The van der Waals surface area contributed by atoms with E-state index in [2.05, 4.69) is 4.67 Å². The van der Waals surface area contributed by atoms with Crippen molar-refractivity contribution in [1.82, 2.24) is 0 Å². The minimum atomic E-state index is -3.72. The summed E-state index contributed by atoms with van der Waals surface area (Å²) in [4.78, 5) is 14.2. The van der Waals surface area contributed by atoms with Crippen molar-refractivity contribution >= 4 is 7.60 Å². The van der Waals surface area contributed by atoms with Crippen molar-refractivity contribution in [1.29, 1.82) is 0 Å². The van der Waals surface area contributed by atoms with Gasteiger partial charge in [0, 0.05) is 18.6 Å². The third kappa shape index (κ3) is 5.10. The average Bonchev–Trinajstić information content (AvgIpc) is 2.47. The average molecular weight is 336 g/mol. The Labute approximate surface area is 136 Å². The van der Waals surface area contributed by atoms with Crippen molar-refractivity contribution in [3.63, 3.8) is 0 Å². The van der Waals surface area contributed by atoms with E-state index in [0.29, 0.717) is 12.2 Å². The van der Waals surface area contributed by atoms with E-state index in [1.165, 1.54) is 0 Å². The molecule has 0 aliphatic heterocycles. The van der Waals surface area contributed by atoms with Gasteiger partial charge in [0.05, 0.1) is 0 Å². The van der Waals surface area contributed by atoms with E-state index in [1.807, 2.05) is 38.1 Å². The Balaban J connectivity index is 2.23. The van der Waals surface area contributed by atoms with Crippen LogP contribution in [0.1, 0.15) is 36.5 Å². The lowest BCUT2D eigenvalue weighted by molar-refractivity contribution is -0.108. The molecule has 5 nitrogen and oxygen atoms in total. The molecule has 0 amide bonds. The molecule has 0 heterocycles. The molecule has 6 heteroatoms. The maximum atomic E-state index is 11.2. The summed E-state index contributed by atoms with van der Waals surface area (Å²) in [5, 5.41) is 9.90. The van der Waals surface area contributed by atoms with Crippen LogP contribution in [0.2, 0.25) is 0 Å². The first-order chi connectivity index (χ1) is 10.8. The molecule has 0 spiro atoms. The topological polar surface area (TPSA) is 76.0 Å². The van der Waals surface area contributed by atoms with Crippen LogP contribution in [-0.2, 0) is 15.7 Å². The molecule has 2 aromatic carbocycles. The van der Waals surface area contributed by atoms with Crippen molar-refractivity contribution in [2.24, 2.45) is 0 Å². The van der Waals surface area contributed by atoms with Gasteiger partial charge in [-0.2, -0.15) is 0 Å². The Hall–Kier alpha value is -1.81. The molecular weight excluding hydrogens is 315 g/mol. The molecule has 0 saturated carbocycles. The second-order valence-electron chi connectivity index (χ2n) is 5.79. The van der Waals surface area contributed by atoms with Gasteiger partial charge in [0.1, 0.15) is 5.75 Å². The van der Waals surface area contributed by atoms with Crippen LogP contribution in [0, 0.1) is 0 Å². The van der Waals surface area contributed by atoms with Crippen LogP contribution >= 0.6 is 7.60 Å². The van der Waals surface area contributed by atoms with Crippen molar-refractivity contribution in [3.05, 3.63) is 59.2 Å². The maximum Gasteiger partial charge on any atom is 0.363 e. The van der Waals surface area contributed by atoms with Crippen LogP contribution in [0.5, 0.6) is 11.5 Å². The fourth-order valence-electron chi connectivity index (χ4n) is 2.24. The number of benzene rings is 2. The van der Waals surface area contributed by atoms with Gasteiger partial charge in [-0.3, -0.25) is 4.57 Å². The number of aromatic hydroxyl groups is 1. The standard InChI is InChI=1S/C17H21O5P/c1-12(2)15-11-13(8-9-16(15)18)10-14-6-4-5-7-17(14)21-22-23(3,19)20/h4-9,11-12,18H,10H2,1-3H3,(H,19,20). The first-order valence-electron chi connectivity index (χ1n) is 7.32. The summed E-state index contributed by atoms with van der Waals surface area (Å²) in [6.07, 6.45) is 0.555. The Kier molecular flexibility index (Phi) is 5.47. The van der Waals surface area contributed by atoms with Gasteiger partial charge >= 0.3 is 7.60 Å². The van der Waals surface area contributed by atoms with Crippen molar-refractivity contribution in [2.45, 2.75) is 26.2 Å². The smallest absolute Gasteiger partial charge is 0.363 e. The summed E-state index contributed by atoms with van der Waals surface area (Å²) >= 11 is 0. The number of phenols is 1. The first-order valence-corrected chi connectivity index (χ1v) is 9.35.